The first kappa shape index (κ1) is 19.7. The molecule has 29 heavy (non-hydrogen) atoms. The van der Waals surface area contributed by atoms with Crippen LogP contribution in [-0.4, -0.2) is 17.3 Å². The third-order valence-corrected chi connectivity index (χ3v) is 6.49. The number of hydrogen-bond acceptors (Lipinski definition) is 4. The summed E-state index contributed by atoms with van der Waals surface area (Å²) in [5.41, 5.74) is 2.84. The summed E-state index contributed by atoms with van der Waals surface area (Å²) in [5.74, 6) is 0.417. The van der Waals surface area contributed by atoms with E-state index in [0.717, 1.165) is 16.5 Å². The van der Waals surface area contributed by atoms with E-state index in [4.69, 9.17) is 9.15 Å². The third kappa shape index (κ3) is 3.35. The number of aryl methyl sites for hydroxylation is 2. The number of Topliss-reactive ketones (excluding diaryl/α,β-unsaturated/α-hetero) is 1. The molecule has 0 saturated heterocycles. The molecule has 6 heteroatoms. The number of furan rings is 1. The van der Waals surface area contributed by atoms with E-state index in [1.54, 1.807) is 19.1 Å². The van der Waals surface area contributed by atoms with E-state index in [1.807, 2.05) is 39.0 Å². The molecule has 1 N–H and O–H groups in total. The zero-order valence-corrected chi connectivity index (χ0v) is 18.4. The summed E-state index contributed by atoms with van der Waals surface area (Å²) in [7, 11) is 0. The van der Waals surface area contributed by atoms with Gasteiger partial charge in [-0.05, 0) is 63.1 Å². The fourth-order valence-electron chi connectivity index (χ4n) is 3.74. The summed E-state index contributed by atoms with van der Waals surface area (Å²) in [6.45, 7) is 7.70. The summed E-state index contributed by atoms with van der Waals surface area (Å²) >= 11 is 3.45. The molecule has 0 aliphatic carbocycles. The van der Waals surface area contributed by atoms with Crippen molar-refractivity contribution in [1.29, 1.82) is 0 Å². The fourth-order valence-corrected chi connectivity index (χ4v) is 3.98. The first-order valence-corrected chi connectivity index (χ1v) is 10.4. The van der Waals surface area contributed by atoms with Crippen LogP contribution < -0.4 is 10.1 Å². The Balaban J connectivity index is 1.75. The van der Waals surface area contributed by atoms with Gasteiger partial charge in [-0.25, -0.2) is 0 Å². The van der Waals surface area contributed by atoms with Gasteiger partial charge in [-0.1, -0.05) is 22.9 Å². The van der Waals surface area contributed by atoms with E-state index >= 15 is 0 Å². The van der Waals surface area contributed by atoms with Crippen molar-refractivity contribution >= 4 is 44.3 Å². The van der Waals surface area contributed by atoms with Crippen molar-refractivity contribution in [3.05, 3.63) is 57.3 Å². The molecule has 1 aromatic heterocycles. The average molecular weight is 456 g/mol. The van der Waals surface area contributed by atoms with Gasteiger partial charge in [0.1, 0.15) is 16.9 Å². The van der Waals surface area contributed by atoms with Crippen LogP contribution in [0.2, 0.25) is 0 Å². The summed E-state index contributed by atoms with van der Waals surface area (Å²) in [5, 5.41) is 3.53. The standard InChI is InChI=1S/C23H22BrNO4/c1-5-23(4)11-16(26)20-18(29-23)9-8-17-19(20)13(3)21(28-17)22(27)25-14-6-7-15(24)12(2)10-14/h6-10H,5,11H2,1-4H3,(H,25,27). The topological polar surface area (TPSA) is 68.5 Å². The van der Waals surface area contributed by atoms with Gasteiger partial charge in [0.25, 0.3) is 5.91 Å². The molecule has 1 aliphatic heterocycles. The van der Waals surface area contributed by atoms with E-state index in [1.165, 1.54) is 0 Å². The molecule has 0 radical (unpaired) electrons. The smallest absolute Gasteiger partial charge is 0.291 e. The van der Waals surface area contributed by atoms with E-state index < -0.39 is 5.60 Å². The number of fused-ring (bicyclic) bond motifs is 3. The minimum absolute atomic E-state index is 0.0144. The highest BCUT2D eigenvalue weighted by Crippen LogP contribution is 2.41. The minimum atomic E-state index is -0.505. The summed E-state index contributed by atoms with van der Waals surface area (Å²) in [4.78, 5) is 25.8. The number of hydrogen-bond donors (Lipinski definition) is 1. The Morgan fingerprint density at radius 2 is 2.00 bits per heavy atom. The number of ether oxygens (including phenoxy) is 1. The molecular weight excluding hydrogens is 434 g/mol. The summed E-state index contributed by atoms with van der Waals surface area (Å²) in [6, 6.07) is 9.10. The number of nitrogens with one attached hydrogen (secondary N) is 1. The molecule has 1 atom stereocenters. The SMILES string of the molecule is CCC1(C)CC(=O)c2c(ccc3oc(C(=O)Nc4ccc(Br)c(C)c4)c(C)c23)O1. The van der Waals surface area contributed by atoms with E-state index in [2.05, 4.69) is 21.2 Å². The van der Waals surface area contributed by atoms with Crippen LogP contribution in [0.25, 0.3) is 11.0 Å². The zero-order chi connectivity index (χ0) is 20.9. The van der Waals surface area contributed by atoms with Gasteiger partial charge in [-0.3, -0.25) is 9.59 Å². The molecule has 1 amide bonds. The normalized spacial score (nSPS) is 18.4. The number of carbonyl (C=O) groups excluding carboxylic acids is 2. The molecular formula is C23H22BrNO4. The van der Waals surface area contributed by atoms with Crippen molar-refractivity contribution in [2.45, 2.75) is 46.1 Å². The van der Waals surface area contributed by atoms with Crippen LogP contribution in [0.4, 0.5) is 5.69 Å². The lowest BCUT2D eigenvalue weighted by Crippen LogP contribution is -2.38. The van der Waals surface area contributed by atoms with Crippen LogP contribution >= 0.6 is 15.9 Å². The van der Waals surface area contributed by atoms with Crippen LogP contribution in [-0.2, 0) is 0 Å². The molecule has 2 aromatic carbocycles. The first-order valence-electron chi connectivity index (χ1n) is 9.58. The van der Waals surface area contributed by atoms with E-state index in [-0.39, 0.29) is 17.5 Å². The molecule has 0 spiro atoms. The maximum absolute atomic E-state index is 12.9. The Labute approximate surface area is 177 Å². The van der Waals surface area contributed by atoms with Crippen LogP contribution in [0.5, 0.6) is 5.75 Å². The molecule has 1 unspecified atom stereocenters. The lowest BCUT2D eigenvalue weighted by molar-refractivity contribution is 0.0503. The van der Waals surface area contributed by atoms with Crippen molar-refractivity contribution in [3.63, 3.8) is 0 Å². The Hall–Kier alpha value is -2.60. The van der Waals surface area contributed by atoms with Gasteiger partial charge < -0.3 is 14.5 Å². The molecule has 1 aliphatic rings. The fraction of sp³-hybridized carbons (Fsp3) is 0.304. The number of anilines is 1. The van der Waals surface area contributed by atoms with Crippen LogP contribution in [0.15, 0.2) is 39.2 Å². The Morgan fingerprint density at radius 1 is 1.24 bits per heavy atom. The van der Waals surface area contributed by atoms with Gasteiger partial charge >= 0.3 is 0 Å². The number of carbonyl (C=O) groups is 2. The van der Waals surface area contributed by atoms with Crippen molar-refractivity contribution in [2.24, 2.45) is 0 Å². The molecule has 4 rings (SSSR count). The number of rotatable bonds is 3. The maximum Gasteiger partial charge on any atom is 0.291 e. The second kappa shape index (κ2) is 7.02. The van der Waals surface area contributed by atoms with Gasteiger partial charge in [-0.2, -0.15) is 0 Å². The first-order chi connectivity index (χ1) is 13.7. The van der Waals surface area contributed by atoms with Crippen LogP contribution in [0.1, 0.15) is 58.7 Å². The third-order valence-electron chi connectivity index (χ3n) is 5.60. The second-order valence-corrected chi connectivity index (χ2v) is 8.65. The van der Waals surface area contributed by atoms with Crippen molar-refractivity contribution in [3.8, 4) is 5.75 Å². The molecule has 2 heterocycles. The van der Waals surface area contributed by atoms with Crippen LogP contribution in [0.3, 0.4) is 0 Å². The molecule has 150 valence electrons. The van der Waals surface area contributed by atoms with Gasteiger partial charge in [0.15, 0.2) is 11.5 Å². The highest BCUT2D eigenvalue weighted by molar-refractivity contribution is 9.10. The van der Waals surface area contributed by atoms with Gasteiger partial charge in [0.05, 0.1) is 12.0 Å². The largest absolute Gasteiger partial charge is 0.486 e. The van der Waals surface area contributed by atoms with Crippen molar-refractivity contribution in [1.82, 2.24) is 0 Å². The number of halogens is 1. The van der Waals surface area contributed by atoms with Gasteiger partial charge in [0.2, 0.25) is 0 Å². The van der Waals surface area contributed by atoms with Gasteiger partial charge in [-0.15, -0.1) is 0 Å². The second-order valence-electron chi connectivity index (χ2n) is 7.79. The number of ketones is 1. The number of benzene rings is 2. The summed E-state index contributed by atoms with van der Waals surface area (Å²) < 4.78 is 12.9. The molecule has 0 fully saturated rings. The highest BCUT2D eigenvalue weighted by atomic mass is 79.9. The Morgan fingerprint density at radius 3 is 2.69 bits per heavy atom. The number of amides is 1. The molecule has 3 aromatic rings. The van der Waals surface area contributed by atoms with Gasteiger partial charge in [0, 0.05) is 21.1 Å². The Kier molecular flexibility index (Phi) is 4.77. The molecule has 0 saturated carbocycles. The van der Waals surface area contributed by atoms with E-state index in [9.17, 15) is 9.59 Å². The van der Waals surface area contributed by atoms with Crippen molar-refractivity contribution < 1.29 is 18.7 Å². The predicted octanol–water partition coefficient (Wildman–Crippen LogP) is 6.20. The summed E-state index contributed by atoms with van der Waals surface area (Å²) in [6.07, 6.45) is 1.04. The average Bonchev–Trinajstić information content (AvgIpc) is 3.01. The highest BCUT2D eigenvalue weighted by Gasteiger charge is 2.37. The monoisotopic (exact) mass is 455 g/mol. The predicted molar refractivity (Wildman–Crippen MR) is 116 cm³/mol. The van der Waals surface area contributed by atoms with E-state index in [0.29, 0.717) is 40.0 Å². The lowest BCUT2D eigenvalue weighted by atomic mass is 9.87. The lowest BCUT2D eigenvalue weighted by Gasteiger charge is -2.34. The maximum atomic E-state index is 12.9. The zero-order valence-electron chi connectivity index (χ0n) is 16.8. The minimum Gasteiger partial charge on any atom is -0.486 e. The molecule has 5 nitrogen and oxygen atoms in total. The van der Waals surface area contributed by atoms with Crippen LogP contribution in [0, 0.1) is 13.8 Å². The Bertz CT molecular complexity index is 1160. The van der Waals surface area contributed by atoms with Crippen molar-refractivity contribution in [2.75, 3.05) is 5.32 Å². The molecule has 0 bridgehead atoms. The quantitative estimate of drug-likeness (QED) is 0.510.